The van der Waals surface area contributed by atoms with Crippen molar-refractivity contribution in [1.29, 1.82) is 0 Å². The Bertz CT molecular complexity index is 363. The van der Waals surface area contributed by atoms with E-state index in [9.17, 15) is 0 Å². The van der Waals surface area contributed by atoms with Gasteiger partial charge < -0.3 is 9.88 Å². The zero-order valence-electron chi connectivity index (χ0n) is 10.5. The Morgan fingerprint density at radius 1 is 1.29 bits per heavy atom. The molecule has 94 valence electrons. The van der Waals surface area contributed by atoms with E-state index in [0.717, 1.165) is 12.6 Å². The zero-order valence-corrected chi connectivity index (χ0v) is 10.5. The van der Waals surface area contributed by atoms with E-state index in [-0.39, 0.29) is 0 Å². The molecule has 3 rings (SSSR count). The smallest absolute Gasteiger partial charge is 0.0945 e. The first kappa shape index (κ1) is 11.2. The van der Waals surface area contributed by atoms with Gasteiger partial charge in [-0.05, 0) is 0 Å². The van der Waals surface area contributed by atoms with Crippen LogP contribution in [0.2, 0.25) is 0 Å². The molecule has 0 spiro atoms. The summed E-state index contributed by atoms with van der Waals surface area (Å²) < 4.78 is 2.11. The first-order valence-electron chi connectivity index (χ1n) is 6.45. The number of nitrogens with one attached hydrogen (secondary N) is 1. The molecule has 0 saturated carbocycles. The average Bonchev–Trinajstić information content (AvgIpc) is 2.65. The van der Waals surface area contributed by atoms with Gasteiger partial charge in [0.25, 0.3) is 0 Å². The van der Waals surface area contributed by atoms with Gasteiger partial charge in [0.2, 0.25) is 0 Å². The van der Waals surface area contributed by atoms with E-state index in [4.69, 9.17) is 0 Å². The van der Waals surface area contributed by atoms with Crippen molar-refractivity contribution in [2.45, 2.75) is 12.6 Å². The summed E-state index contributed by atoms with van der Waals surface area (Å²) in [7, 11) is 2.07. The molecule has 2 aliphatic rings. The number of rotatable bonds is 3. The molecule has 0 amide bonds. The van der Waals surface area contributed by atoms with E-state index in [1.54, 1.807) is 0 Å². The molecule has 2 saturated heterocycles. The predicted octanol–water partition coefficient (Wildman–Crippen LogP) is -0.490. The molecule has 0 unspecified atom stereocenters. The van der Waals surface area contributed by atoms with E-state index >= 15 is 0 Å². The van der Waals surface area contributed by atoms with E-state index in [2.05, 4.69) is 31.7 Å². The lowest BCUT2D eigenvalue weighted by Crippen LogP contribution is -2.61. The number of hydrogen-bond acceptors (Lipinski definition) is 4. The van der Waals surface area contributed by atoms with Gasteiger partial charge in [-0.25, -0.2) is 4.98 Å². The monoisotopic (exact) mass is 235 g/mol. The van der Waals surface area contributed by atoms with Crippen molar-refractivity contribution >= 4 is 0 Å². The Balaban J connectivity index is 1.49. The highest BCUT2D eigenvalue weighted by Crippen LogP contribution is 2.11. The van der Waals surface area contributed by atoms with E-state index in [1.165, 1.54) is 45.0 Å². The van der Waals surface area contributed by atoms with Crippen molar-refractivity contribution in [2.24, 2.45) is 7.05 Å². The van der Waals surface area contributed by atoms with Crippen molar-refractivity contribution in [3.05, 3.63) is 18.2 Å². The molecule has 5 nitrogen and oxygen atoms in total. The number of imidazole rings is 1. The zero-order chi connectivity index (χ0) is 11.7. The molecule has 0 aliphatic carbocycles. The summed E-state index contributed by atoms with van der Waals surface area (Å²) in [6.45, 7) is 8.19. The fourth-order valence-electron chi connectivity index (χ4n) is 2.58. The Labute approximate surface area is 102 Å². The largest absolute Gasteiger partial charge is 0.337 e. The molecule has 1 N–H and O–H groups in total. The average molecular weight is 235 g/mol. The van der Waals surface area contributed by atoms with Crippen molar-refractivity contribution < 1.29 is 0 Å². The van der Waals surface area contributed by atoms with E-state index < -0.39 is 0 Å². The summed E-state index contributed by atoms with van der Waals surface area (Å²) in [5.74, 6) is 0. The second-order valence-electron chi connectivity index (χ2n) is 5.12. The predicted molar refractivity (Wildman–Crippen MR) is 66.7 cm³/mol. The van der Waals surface area contributed by atoms with Crippen LogP contribution in [0, 0.1) is 0 Å². The molecule has 1 aromatic rings. The topological polar surface area (TPSA) is 36.3 Å². The third-order valence-corrected chi connectivity index (χ3v) is 3.99. The van der Waals surface area contributed by atoms with Gasteiger partial charge in [0.05, 0.1) is 12.0 Å². The molecular weight excluding hydrogens is 214 g/mol. The minimum atomic E-state index is 0.800. The molecule has 5 heteroatoms. The standard InChI is InChI=1S/C12H21N5/c1-15-10-14-8-12(15)9-16-2-4-17(5-3-16)11-6-13-7-11/h8,10-11,13H,2-7,9H2,1H3. The van der Waals surface area contributed by atoms with Crippen LogP contribution in [-0.2, 0) is 13.6 Å². The van der Waals surface area contributed by atoms with Crippen molar-refractivity contribution in [3.8, 4) is 0 Å². The molecular formula is C12H21N5. The maximum Gasteiger partial charge on any atom is 0.0945 e. The molecule has 3 heterocycles. The van der Waals surface area contributed by atoms with Crippen LogP contribution in [0.15, 0.2) is 12.5 Å². The lowest BCUT2D eigenvalue weighted by atomic mass is 10.1. The second-order valence-corrected chi connectivity index (χ2v) is 5.12. The van der Waals surface area contributed by atoms with Gasteiger partial charge in [-0.2, -0.15) is 0 Å². The van der Waals surface area contributed by atoms with Crippen LogP contribution in [0.4, 0.5) is 0 Å². The SMILES string of the molecule is Cn1cncc1CN1CCN(C2CNC2)CC1. The number of aromatic nitrogens is 2. The van der Waals surface area contributed by atoms with E-state index in [1.807, 2.05) is 12.5 Å². The summed E-state index contributed by atoms with van der Waals surface area (Å²) in [4.78, 5) is 9.32. The lowest BCUT2D eigenvalue weighted by Gasteiger charge is -2.43. The van der Waals surface area contributed by atoms with Gasteiger partial charge in [0, 0.05) is 65.1 Å². The molecule has 1 aromatic heterocycles. The molecule has 0 aromatic carbocycles. The van der Waals surface area contributed by atoms with Gasteiger partial charge in [0.1, 0.15) is 0 Å². The summed E-state index contributed by atoms with van der Waals surface area (Å²) in [5.41, 5.74) is 1.31. The van der Waals surface area contributed by atoms with Gasteiger partial charge >= 0.3 is 0 Å². The fourth-order valence-corrected chi connectivity index (χ4v) is 2.58. The summed E-state index contributed by atoms with van der Waals surface area (Å²) in [5, 5.41) is 3.35. The molecule has 17 heavy (non-hydrogen) atoms. The molecule has 0 atom stereocenters. The van der Waals surface area contributed by atoms with Gasteiger partial charge in [-0.15, -0.1) is 0 Å². The van der Waals surface area contributed by atoms with Gasteiger partial charge in [-0.3, -0.25) is 9.80 Å². The van der Waals surface area contributed by atoms with Crippen LogP contribution in [0.25, 0.3) is 0 Å². The third-order valence-electron chi connectivity index (χ3n) is 3.99. The maximum absolute atomic E-state index is 4.17. The first-order chi connectivity index (χ1) is 8.33. The quantitative estimate of drug-likeness (QED) is 0.767. The highest BCUT2D eigenvalue weighted by molar-refractivity contribution is 4.98. The molecule has 2 fully saturated rings. The molecule has 0 bridgehead atoms. The van der Waals surface area contributed by atoms with E-state index in [0.29, 0.717) is 0 Å². The lowest BCUT2D eigenvalue weighted by molar-refractivity contribution is 0.0686. The maximum atomic E-state index is 4.17. The van der Waals surface area contributed by atoms with Crippen LogP contribution < -0.4 is 5.32 Å². The van der Waals surface area contributed by atoms with Crippen molar-refractivity contribution in [2.75, 3.05) is 39.3 Å². The summed E-state index contributed by atoms with van der Waals surface area (Å²) in [6.07, 6.45) is 3.86. The summed E-state index contributed by atoms with van der Waals surface area (Å²) >= 11 is 0. The minimum Gasteiger partial charge on any atom is -0.337 e. The Morgan fingerprint density at radius 2 is 2.06 bits per heavy atom. The van der Waals surface area contributed by atoms with Crippen LogP contribution >= 0.6 is 0 Å². The highest BCUT2D eigenvalue weighted by Gasteiger charge is 2.27. The highest BCUT2D eigenvalue weighted by atomic mass is 15.3. The normalized spacial score (nSPS) is 23.8. The Kier molecular flexibility index (Phi) is 3.13. The third kappa shape index (κ3) is 2.36. The van der Waals surface area contributed by atoms with Crippen molar-refractivity contribution in [3.63, 3.8) is 0 Å². The molecule has 2 aliphatic heterocycles. The molecule has 0 radical (unpaired) electrons. The van der Waals surface area contributed by atoms with Crippen LogP contribution in [0.3, 0.4) is 0 Å². The Hall–Kier alpha value is -0.910. The number of nitrogens with zero attached hydrogens (tertiary/aromatic N) is 4. The second kappa shape index (κ2) is 4.76. The summed E-state index contributed by atoms with van der Waals surface area (Å²) in [6, 6.07) is 0.800. The minimum absolute atomic E-state index is 0.800. The van der Waals surface area contributed by atoms with Gasteiger partial charge in [0.15, 0.2) is 0 Å². The van der Waals surface area contributed by atoms with Crippen LogP contribution in [-0.4, -0.2) is 64.7 Å². The van der Waals surface area contributed by atoms with Crippen molar-refractivity contribution in [1.82, 2.24) is 24.7 Å². The van der Waals surface area contributed by atoms with Gasteiger partial charge in [-0.1, -0.05) is 0 Å². The fraction of sp³-hybridized carbons (Fsp3) is 0.750. The number of hydrogen-bond donors (Lipinski definition) is 1. The number of aryl methyl sites for hydroxylation is 1. The Morgan fingerprint density at radius 3 is 2.59 bits per heavy atom. The van der Waals surface area contributed by atoms with Crippen LogP contribution in [0.1, 0.15) is 5.69 Å². The number of piperazine rings is 1. The first-order valence-corrected chi connectivity index (χ1v) is 6.45. The van der Waals surface area contributed by atoms with Crippen LogP contribution in [0.5, 0.6) is 0 Å².